The second-order valence-corrected chi connectivity index (χ2v) is 4.52. The standard InChI is InChI=1S/C11H19NO2S/c1-12(9-11(13-2)14-3)7-6-10-5-4-8-15-10/h4-5,8,11H,6-7,9H2,1-3H3. The van der Waals surface area contributed by atoms with Crippen LogP contribution in [0, 0.1) is 0 Å². The summed E-state index contributed by atoms with van der Waals surface area (Å²) in [4.78, 5) is 3.64. The van der Waals surface area contributed by atoms with E-state index in [1.54, 1.807) is 25.6 Å². The zero-order chi connectivity index (χ0) is 11.1. The number of hydrogen-bond acceptors (Lipinski definition) is 4. The number of methoxy groups -OCH3 is 2. The van der Waals surface area contributed by atoms with Gasteiger partial charge in [-0.05, 0) is 24.9 Å². The second-order valence-electron chi connectivity index (χ2n) is 3.49. The Balaban J connectivity index is 2.21. The largest absolute Gasteiger partial charge is 0.355 e. The highest BCUT2D eigenvalue weighted by atomic mass is 32.1. The molecule has 1 heterocycles. The number of thiophene rings is 1. The molecule has 0 radical (unpaired) electrons. The Morgan fingerprint density at radius 2 is 2.13 bits per heavy atom. The van der Waals surface area contributed by atoms with Crippen LogP contribution in [0.1, 0.15) is 4.88 Å². The van der Waals surface area contributed by atoms with Crippen LogP contribution in [0.2, 0.25) is 0 Å². The van der Waals surface area contributed by atoms with Gasteiger partial charge in [-0.25, -0.2) is 0 Å². The summed E-state index contributed by atoms with van der Waals surface area (Å²) in [6.07, 6.45) is 0.965. The highest BCUT2D eigenvalue weighted by Crippen LogP contribution is 2.09. The quantitative estimate of drug-likeness (QED) is 0.666. The third-order valence-electron chi connectivity index (χ3n) is 2.31. The molecular formula is C11H19NO2S. The van der Waals surface area contributed by atoms with Crippen molar-refractivity contribution in [2.24, 2.45) is 0 Å². The van der Waals surface area contributed by atoms with Gasteiger partial charge in [-0.15, -0.1) is 11.3 Å². The maximum Gasteiger partial charge on any atom is 0.169 e. The fourth-order valence-corrected chi connectivity index (χ4v) is 2.05. The first-order valence-electron chi connectivity index (χ1n) is 5.02. The predicted molar refractivity (Wildman–Crippen MR) is 63.3 cm³/mol. The van der Waals surface area contributed by atoms with Gasteiger partial charge in [0.1, 0.15) is 0 Å². The summed E-state index contributed by atoms with van der Waals surface area (Å²) in [6.45, 7) is 1.84. The van der Waals surface area contributed by atoms with Gasteiger partial charge in [-0.1, -0.05) is 6.07 Å². The summed E-state index contributed by atoms with van der Waals surface area (Å²) in [6, 6.07) is 4.26. The summed E-state index contributed by atoms with van der Waals surface area (Å²) in [7, 11) is 5.42. The normalized spacial score (nSPS) is 11.5. The van der Waals surface area contributed by atoms with E-state index in [2.05, 4.69) is 29.5 Å². The first kappa shape index (κ1) is 12.6. The van der Waals surface area contributed by atoms with E-state index in [0.717, 1.165) is 19.5 Å². The van der Waals surface area contributed by atoms with Crippen molar-refractivity contribution in [1.29, 1.82) is 0 Å². The van der Waals surface area contributed by atoms with Crippen molar-refractivity contribution in [2.75, 3.05) is 34.4 Å². The fraction of sp³-hybridized carbons (Fsp3) is 0.636. The molecule has 1 rings (SSSR count). The topological polar surface area (TPSA) is 21.7 Å². The van der Waals surface area contributed by atoms with Crippen LogP contribution in [0.4, 0.5) is 0 Å². The van der Waals surface area contributed by atoms with Crippen LogP contribution in [0.3, 0.4) is 0 Å². The van der Waals surface area contributed by atoms with Crippen LogP contribution in [-0.4, -0.2) is 45.5 Å². The minimum Gasteiger partial charge on any atom is -0.355 e. The number of ether oxygens (including phenoxy) is 2. The van der Waals surface area contributed by atoms with Gasteiger partial charge < -0.3 is 14.4 Å². The first-order chi connectivity index (χ1) is 7.26. The highest BCUT2D eigenvalue weighted by Gasteiger charge is 2.08. The fourth-order valence-electron chi connectivity index (χ4n) is 1.35. The van der Waals surface area contributed by atoms with Crippen LogP contribution < -0.4 is 0 Å². The Morgan fingerprint density at radius 1 is 1.40 bits per heavy atom. The molecule has 0 saturated carbocycles. The Kier molecular flexibility index (Phi) is 5.86. The zero-order valence-electron chi connectivity index (χ0n) is 9.60. The van der Waals surface area contributed by atoms with Gasteiger partial charge >= 0.3 is 0 Å². The van der Waals surface area contributed by atoms with Crippen LogP contribution >= 0.6 is 11.3 Å². The van der Waals surface area contributed by atoms with Crippen LogP contribution in [0.25, 0.3) is 0 Å². The monoisotopic (exact) mass is 229 g/mol. The summed E-state index contributed by atoms with van der Waals surface area (Å²) in [5.41, 5.74) is 0. The van der Waals surface area contributed by atoms with E-state index in [1.807, 2.05) is 0 Å². The van der Waals surface area contributed by atoms with Gasteiger partial charge in [0.15, 0.2) is 6.29 Å². The SMILES string of the molecule is COC(CN(C)CCc1cccs1)OC. The van der Waals surface area contributed by atoms with Crippen LogP contribution in [0.15, 0.2) is 17.5 Å². The van der Waals surface area contributed by atoms with Crippen molar-refractivity contribution in [3.8, 4) is 0 Å². The van der Waals surface area contributed by atoms with Crippen LogP contribution in [0.5, 0.6) is 0 Å². The molecular weight excluding hydrogens is 210 g/mol. The smallest absolute Gasteiger partial charge is 0.169 e. The molecule has 0 unspecified atom stereocenters. The number of rotatable bonds is 7. The van der Waals surface area contributed by atoms with Crippen LogP contribution in [-0.2, 0) is 15.9 Å². The molecule has 4 heteroatoms. The minimum absolute atomic E-state index is 0.127. The molecule has 0 aliphatic rings. The lowest BCUT2D eigenvalue weighted by Gasteiger charge is -2.21. The minimum atomic E-state index is -0.127. The zero-order valence-corrected chi connectivity index (χ0v) is 10.4. The summed E-state index contributed by atoms with van der Waals surface area (Å²) in [5.74, 6) is 0. The molecule has 0 aromatic carbocycles. The van der Waals surface area contributed by atoms with Gasteiger partial charge in [0.2, 0.25) is 0 Å². The molecule has 0 amide bonds. The summed E-state index contributed by atoms with van der Waals surface area (Å²) < 4.78 is 10.3. The highest BCUT2D eigenvalue weighted by molar-refractivity contribution is 7.09. The van der Waals surface area contributed by atoms with Gasteiger partial charge in [0, 0.05) is 32.2 Å². The Hall–Kier alpha value is -0.420. The third kappa shape index (κ3) is 4.75. The number of hydrogen-bond donors (Lipinski definition) is 0. The Labute approximate surface area is 95.6 Å². The molecule has 1 aromatic rings. The van der Waals surface area contributed by atoms with E-state index < -0.39 is 0 Å². The molecule has 0 aliphatic heterocycles. The molecule has 0 N–H and O–H groups in total. The van der Waals surface area contributed by atoms with Crippen molar-refractivity contribution in [2.45, 2.75) is 12.7 Å². The van der Waals surface area contributed by atoms with E-state index in [-0.39, 0.29) is 6.29 Å². The summed E-state index contributed by atoms with van der Waals surface area (Å²) in [5, 5.41) is 2.11. The molecule has 86 valence electrons. The molecule has 0 spiro atoms. The van der Waals surface area contributed by atoms with Crippen molar-refractivity contribution < 1.29 is 9.47 Å². The lowest BCUT2D eigenvalue weighted by atomic mass is 10.3. The van der Waals surface area contributed by atoms with Crippen molar-refractivity contribution in [3.63, 3.8) is 0 Å². The van der Waals surface area contributed by atoms with Gasteiger partial charge in [0.25, 0.3) is 0 Å². The Morgan fingerprint density at radius 3 is 2.67 bits per heavy atom. The van der Waals surface area contributed by atoms with Crippen molar-refractivity contribution in [1.82, 2.24) is 4.90 Å². The van der Waals surface area contributed by atoms with Gasteiger partial charge in [-0.2, -0.15) is 0 Å². The van der Waals surface area contributed by atoms with Crippen molar-refractivity contribution in [3.05, 3.63) is 22.4 Å². The average molecular weight is 229 g/mol. The molecule has 3 nitrogen and oxygen atoms in total. The lowest BCUT2D eigenvalue weighted by Crippen LogP contribution is -2.32. The maximum atomic E-state index is 5.15. The third-order valence-corrected chi connectivity index (χ3v) is 3.24. The van der Waals surface area contributed by atoms with E-state index in [9.17, 15) is 0 Å². The van der Waals surface area contributed by atoms with Gasteiger partial charge in [0.05, 0.1) is 0 Å². The van der Waals surface area contributed by atoms with E-state index in [4.69, 9.17) is 9.47 Å². The molecule has 0 fully saturated rings. The van der Waals surface area contributed by atoms with Crippen molar-refractivity contribution >= 4 is 11.3 Å². The van der Waals surface area contributed by atoms with E-state index in [1.165, 1.54) is 4.88 Å². The molecule has 0 aliphatic carbocycles. The van der Waals surface area contributed by atoms with E-state index >= 15 is 0 Å². The second kappa shape index (κ2) is 6.95. The molecule has 0 bridgehead atoms. The molecule has 0 atom stereocenters. The average Bonchev–Trinajstić information content (AvgIpc) is 2.75. The Bertz CT molecular complexity index is 247. The molecule has 15 heavy (non-hydrogen) atoms. The lowest BCUT2D eigenvalue weighted by molar-refractivity contribution is -0.113. The van der Waals surface area contributed by atoms with Gasteiger partial charge in [-0.3, -0.25) is 0 Å². The molecule has 1 aromatic heterocycles. The number of nitrogens with zero attached hydrogens (tertiary/aromatic N) is 1. The first-order valence-corrected chi connectivity index (χ1v) is 5.90. The number of likely N-dealkylation sites (N-methyl/N-ethyl adjacent to an activating group) is 1. The predicted octanol–water partition coefficient (Wildman–Crippen LogP) is 1.84. The van der Waals surface area contributed by atoms with E-state index in [0.29, 0.717) is 0 Å². The summed E-state index contributed by atoms with van der Waals surface area (Å²) >= 11 is 1.81. The maximum absolute atomic E-state index is 5.15. The molecule has 0 saturated heterocycles.